The molecule has 0 aliphatic carbocycles. The van der Waals surface area contributed by atoms with Gasteiger partial charge in [-0.3, -0.25) is 4.40 Å². The Kier molecular flexibility index (Phi) is 2.27. The lowest BCUT2D eigenvalue weighted by atomic mass is 10.2. The van der Waals surface area contributed by atoms with E-state index in [0.717, 1.165) is 22.6 Å². The number of rotatable bonds is 1. The van der Waals surface area contributed by atoms with E-state index < -0.39 is 0 Å². The van der Waals surface area contributed by atoms with E-state index in [9.17, 15) is 0 Å². The molecule has 0 aliphatic rings. The summed E-state index contributed by atoms with van der Waals surface area (Å²) in [6, 6.07) is 11.4. The number of benzene rings is 1. The molecule has 0 fully saturated rings. The van der Waals surface area contributed by atoms with Gasteiger partial charge in [-0.05, 0) is 24.3 Å². The molecule has 0 saturated carbocycles. The Balaban J connectivity index is 2.29. The molecule has 0 aliphatic heterocycles. The van der Waals surface area contributed by atoms with E-state index in [2.05, 4.69) is 4.98 Å². The molecule has 1 aromatic carbocycles. The Morgan fingerprint density at radius 2 is 2.00 bits per heavy atom. The molecule has 2 aromatic heterocycles. The van der Waals surface area contributed by atoms with Crippen molar-refractivity contribution in [2.24, 2.45) is 0 Å². The van der Waals surface area contributed by atoms with Gasteiger partial charge in [0.05, 0.1) is 16.7 Å². The van der Waals surface area contributed by atoms with Gasteiger partial charge in [0.2, 0.25) is 0 Å². The van der Waals surface area contributed by atoms with Crippen LogP contribution in [0.4, 0.5) is 5.69 Å². The Morgan fingerprint density at radius 1 is 1.18 bits per heavy atom. The first-order chi connectivity index (χ1) is 8.25. The topological polar surface area (TPSA) is 43.3 Å². The number of fused-ring (bicyclic) bond motifs is 1. The van der Waals surface area contributed by atoms with Crippen molar-refractivity contribution in [2.45, 2.75) is 0 Å². The molecule has 3 nitrogen and oxygen atoms in total. The average Bonchev–Trinajstić information content (AvgIpc) is 2.72. The average molecular weight is 244 g/mol. The van der Waals surface area contributed by atoms with Crippen LogP contribution in [0.5, 0.6) is 0 Å². The van der Waals surface area contributed by atoms with Crippen LogP contribution in [0.1, 0.15) is 0 Å². The lowest BCUT2D eigenvalue weighted by Crippen LogP contribution is -1.91. The van der Waals surface area contributed by atoms with Gasteiger partial charge in [0, 0.05) is 17.4 Å². The lowest BCUT2D eigenvalue weighted by molar-refractivity contribution is 1.16. The van der Waals surface area contributed by atoms with E-state index in [-0.39, 0.29) is 0 Å². The van der Waals surface area contributed by atoms with Crippen LogP contribution in [0, 0.1) is 0 Å². The fraction of sp³-hybridized carbons (Fsp3) is 0. The summed E-state index contributed by atoms with van der Waals surface area (Å²) in [4.78, 5) is 4.39. The van der Waals surface area contributed by atoms with Crippen molar-refractivity contribution in [3.63, 3.8) is 0 Å². The molecule has 0 amide bonds. The highest BCUT2D eigenvalue weighted by Gasteiger charge is 2.09. The molecule has 4 heteroatoms. The smallest absolute Gasteiger partial charge is 0.145 e. The highest BCUT2D eigenvalue weighted by atomic mass is 35.5. The molecule has 0 saturated heterocycles. The van der Waals surface area contributed by atoms with Gasteiger partial charge in [-0.2, -0.15) is 0 Å². The first-order valence-electron chi connectivity index (χ1n) is 5.23. The minimum absolute atomic E-state index is 0.692. The van der Waals surface area contributed by atoms with Crippen LogP contribution in [0.25, 0.3) is 16.9 Å². The van der Waals surface area contributed by atoms with Crippen molar-refractivity contribution in [2.75, 3.05) is 5.73 Å². The zero-order valence-electron chi connectivity index (χ0n) is 8.97. The first-order valence-corrected chi connectivity index (χ1v) is 5.61. The molecule has 0 atom stereocenters. The second-order valence-corrected chi connectivity index (χ2v) is 4.22. The maximum absolute atomic E-state index is 6.17. The molecule has 3 aromatic rings. The second-order valence-electron chi connectivity index (χ2n) is 3.82. The number of nitrogen functional groups attached to an aromatic ring is 1. The number of hydrogen-bond acceptors (Lipinski definition) is 2. The van der Waals surface area contributed by atoms with Gasteiger partial charge in [-0.25, -0.2) is 4.98 Å². The molecule has 3 rings (SSSR count). The highest BCUT2D eigenvalue weighted by molar-refractivity contribution is 6.33. The van der Waals surface area contributed by atoms with Crippen molar-refractivity contribution in [3.8, 4) is 11.4 Å². The Bertz CT molecular complexity index is 688. The van der Waals surface area contributed by atoms with Gasteiger partial charge in [-0.15, -0.1) is 0 Å². The van der Waals surface area contributed by atoms with Gasteiger partial charge < -0.3 is 5.73 Å². The van der Waals surface area contributed by atoms with Crippen LogP contribution >= 0.6 is 11.6 Å². The van der Waals surface area contributed by atoms with Crippen molar-refractivity contribution < 1.29 is 0 Å². The number of nitrogens with two attached hydrogens (primary N) is 1. The van der Waals surface area contributed by atoms with E-state index >= 15 is 0 Å². The van der Waals surface area contributed by atoms with Gasteiger partial charge in [0.25, 0.3) is 0 Å². The summed E-state index contributed by atoms with van der Waals surface area (Å²) in [7, 11) is 0. The Labute approximate surface area is 103 Å². The predicted molar refractivity (Wildman–Crippen MR) is 70.1 cm³/mol. The van der Waals surface area contributed by atoms with E-state index in [0.29, 0.717) is 5.02 Å². The maximum atomic E-state index is 6.17. The number of anilines is 1. The summed E-state index contributed by atoms with van der Waals surface area (Å²) < 4.78 is 1.97. The second kappa shape index (κ2) is 3.79. The molecule has 0 radical (unpaired) electrons. The van der Waals surface area contributed by atoms with Crippen LogP contribution in [0.15, 0.2) is 48.8 Å². The normalized spacial score (nSPS) is 10.9. The standard InChI is InChI=1S/C13H10ClN3/c14-12-4-2-1-3-11(12)13-16-8-10-7-9(15)5-6-17(10)13/h1-8H,15H2. The zero-order valence-corrected chi connectivity index (χ0v) is 9.72. The van der Waals surface area contributed by atoms with Crippen LogP contribution in [-0.2, 0) is 0 Å². The number of pyridine rings is 1. The Hall–Kier alpha value is -2.00. The molecular formula is C13H10ClN3. The van der Waals surface area contributed by atoms with Gasteiger partial charge in [0.15, 0.2) is 0 Å². The van der Waals surface area contributed by atoms with E-state index in [4.69, 9.17) is 17.3 Å². The van der Waals surface area contributed by atoms with Crippen LogP contribution < -0.4 is 5.73 Å². The molecular weight excluding hydrogens is 234 g/mol. The number of halogens is 1. The number of nitrogens with zero attached hydrogens (tertiary/aromatic N) is 2. The van der Waals surface area contributed by atoms with E-state index in [1.807, 2.05) is 47.0 Å². The summed E-state index contributed by atoms with van der Waals surface area (Å²) in [5, 5.41) is 0.692. The predicted octanol–water partition coefficient (Wildman–Crippen LogP) is 3.24. The molecule has 2 N–H and O–H groups in total. The number of hydrogen-bond donors (Lipinski definition) is 1. The van der Waals surface area contributed by atoms with Crippen molar-refractivity contribution in [1.82, 2.24) is 9.38 Å². The third-order valence-electron chi connectivity index (χ3n) is 2.67. The minimum Gasteiger partial charge on any atom is -0.399 e. The molecule has 84 valence electrons. The van der Waals surface area contributed by atoms with Crippen LogP contribution in [-0.4, -0.2) is 9.38 Å². The molecule has 0 bridgehead atoms. The third-order valence-corrected chi connectivity index (χ3v) is 3.00. The van der Waals surface area contributed by atoms with Crippen molar-refractivity contribution in [3.05, 3.63) is 53.8 Å². The highest BCUT2D eigenvalue weighted by Crippen LogP contribution is 2.27. The monoisotopic (exact) mass is 243 g/mol. The third kappa shape index (κ3) is 1.65. The fourth-order valence-electron chi connectivity index (χ4n) is 1.86. The van der Waals surface area contributed by atoms with Crippen LogP contribution in [0.3, 0.4) is 0 Å². The molecule has 0 unspecified atom stereocenters. The fourth-order valence-corrected chi connectivity index (χ4v) is 2.08. The summed E-state index contributed by atoms with van der Waals surface area (Å²) in [5.74, 6) is 0.825. The molecule has 2 heterocycles. The lowest BCUT2D eigenvalue weighted by Gasteiger charge is -2.03. The van der Waals surface area contributed by atoms with Crippen molar-refractivity contribution in [1.29, 1.82) is 0 Å². The Morgan fingerprint density at radius 3 is 2.82 bits per heavy atom. The van der Waals surface area contributed by atoms with Gasteiger partial charge in [-0.1, -0.05) is 23.7 Å². The summed E-state index contributed by atoms with van der Waals surface area (Å²) in [6.45, 7) is 0. The summed E-state index contributed by atoms with van der Waals surface area (Å²) in [6.07, 6.45) is 3.69. The van der Waals surface area contributed by atoms with Crippen LogP contribution in [0.2, 0.25) is 5.02 Å². The van der Waals surface area contributed by atoms with Crippen molar-refractivity contribution >= 4 is 22.8 Å². The number of imidazole rings is 1. The number of aromatic nitrogens is 2. The van der Waals surface area contributed by atoms with E-state index in [1.165, 1.54) is 0 Å². The summed E-state index contributed by atoms with van der Waals surface area (Å²) in [5.41, 5.74) is 8.33. The zero-order chi connectivity index (χ0) is 11.8. The molecule has 0 spiro atoms. The summed E-state index contributed by atoms with van der Waals surface area (Å²) >= 11 is 6.17. The van der Waals surface area contributed by atoms with E-state index in [1.54, 1.807) is 6.20 Å². The van der Waals surface area contributed by atoms with Gasteiger partial charge in [0.1, 0.15) is 5.82 Å². The quantitative estimate of drug-likeness (QED) is 0.713. The minimum atomic E-state index is 0.692. The molecule has 17 heavy (non-hydrogen) atoms. The maximum Gasteiger partial charge on any atom is 0.145 e. The van der Waals surface area contributed by atoms with Gasteiger partial charge >= 0.3 is 0 Å². The first kappa shape index (κ1) is 10.2. The largest absolute Gasteiger partial charge is 0.399 e. The SMILES string of the molecule is Nc1ccn2c(-c3ccccc3Cl)ncc2c1.